The molecule has 0 radical (unpaired) electrons. The molecule has 0 aliphatic heterocycles. The van der Waals surface area contributed by atoms with Crippen LogP contribution in [0.4, 0.5) is 0 Å². The molecule has 0 aliphatic carbocycles. The number of para-hydroxylation sites is 2. The number of hydrogen-bond donors (Lipinski definition) is 2. The highest BCUT2D eigenvalue weighted by atomic mass is 16.3. The van der Waals surface area contributed by atoms with Crippen molar-refractivity contribution in [1.82, 2.24) is 0 Å². The Morgan fingerprint density at radius 1 is 0.696 bits per heavy atom. The topological polar surface area (TPSA) is 40.5 Å². The lowest BCUT2D eigenvalue weighted by Gasteiger charge is -2.21. The van der Waals surface area contributed by atoms with Gasteiger partial charge in [0.25, 0.3) is 0 Å². The number of rotatable bonds is 4. The largest absolute Gasteiger partial charge is 0.508 e. The fourth-order valence-corrected chi connectivity index (χ4v) is 3.01. The summed E-state index contributed by atoms with van der Waals surface area (Å²) >= 11 is 0. The highest BCUT2D eigenvalue weighted by Gasteiger charge is 2.21. The minimum absolute atomic E-state index is 0.0986. The van der Waals surface area contributed by atoms with Gasteiger partial charge in [-0.25, -0.2) is 0 Å². The van der Waals surface area contributed by atoms with Crippen molar-refractivity contribution in [3.63, 3.8) is 0 Å². The molecule has 2 heteroatoms. The van der Waals surface area contributed by atoms with E-state index >= 15 is 0 Å². The van der Waals surface area contributed by atoms with Gasteiger partial charge in [-0.1, -0.05) is 60.7 Å². The molecule has 23 heavy (non-hydrogen) atoms. The monoisotopic (exact) mass is 304 g/mol. The molecule has 0 bridgehead atoms. The number of phenols is 2. The Bertz CT molecular complexity index is 763. The fraction of sp³-hybridized carbons (Fsp3) is 0.143. The van der Waals surface area contributed by atoms with E-state index in [0.717, 1.165) is 17.5 Å². The first kappa shape index (κ1) is 15.2. The van der Waals surface area contributed by atoms with Gasteiger partial charge in [-0.15, -0.1) is 0 Å². The second kappa shape index (κ2) is 6.57. The summed E-state index contributed by atoms with van der Waals surface area (Å²) in [6.45, 7) is 2.09. The van der Waals surface area contributed by atoms with Gasteiger partial charge in [-0.05, 0) is 36.6 Å². The lowest BCUT2D eigenvalue weighted by molar-refractivity contribution is 0.453. The van der Waals surface area contributed by atoms with Crippen LogP contribution in [-0.4, -0.2) is 10.2 Å². The second-order valence-electron chi connectivity index (χ2n) is 5.80. The first-order valence-electron chi connectivity index (χ1n) is 7.77. The van der Waals surface area contributed by atoms with Crippen LogP contribution in [0.3, 0.4) is 0 Å². The maximum Gasteiger partial charge on any atom is 0.119 e. The van der Waals surface area contributed by atoms with Crippen LogP contribution in [-0.2, 0) is 6.42 Å². The molecular weight excluding hydrogens is 284 g/mol. The minimum Gasteiger partial charge on any atom is -0.508 e. The van der Waals surface area contributed by atoms with Gasteiger partial charge >= 0.3 is 0 Å². The summed E-state index contributed by atoms with van der Waals surface area (Å²) in [6, 6.07) is 22.9. The van der Waals surface area contributed by atoms with Crippen LogP contribution in [0.15, 0.2) is 72.8 Å². The zero-order chi connectivity index (χ0) is 16.2. The van der Waals surface area contributed by atoms with Crippen LogP contribution in [0, 0.1) is 6.92 Å². The van der Waals surface area contributed by atoms with E-state index < -0.39 is 0 Å². The van der Waals surface area contributed by atoms with Gasteiger partial charge < -0.3 is 10.2 Å². The Labute approximate surface area is 136 Å². The Hall–Kier alpha value is -2.74. The molecule has 0 aliphatic rings. The predicted octanol–water partition coefficient (Wildman–Crippen LogP) is 4.78. The van der Waals surface area contributed by atoms with E-state index in [-0.39, 0.29) is 17.4 Å². The Morgan fingerprint density at radius 2 is 1.17 bits per heavy atom. The molecular formula is C21H20O2. The quantitative estimate of drug-likeness (QED) is 0.728. The van der Waals surface area contributed by atoms with E-state index in [9.17, 15) is 10.2 Å². The SMILES string of the molecule is Cc1ccccc1CC(c1ccccc1O)c1ccccc1O. The highest BCUT2D eigenvalue weighted by molar-refractivity contribution is 5.47. The molecule has 3 rings (SSSR count). The maximum atomic E-state index is 10.3. The van der Waals surface area contributed by atoms with Gasteiger partial charge in [0.05, 0.1) is 0 Å². The first-order chi connectivity index (χ1) is 11.2. The third-order valence-electron chi connectivity index (χ3n) is 4.31. The molecule has 0 amide bonds. The van der Waals surface area contributed by atoms with Gasteiger partial charge in [-0.2, -0.15) is 0 Å². The summed E-state index contributed by atoms with van der Waals surface area (Å²) in [5, 5.41) is 20.6. The van der Waals surface area contributed by atoms with Gasteiger partial charge in [0.2, 0.25) is 0 Å². The Morgan fingerprint density at radius 3 is 1.70 bits per heavy atom. The predicted molar refractivity (Wildman–Crippen MR) is 92.9 cm³/mol. The Kier molecular flexibility index (Phi) is 4.33. The molecule has 2 N–H and O–H groups in total. The van der Waals surface area contributed by atoms with E-state index in [1.807, 2.05) is 48.5 Å². The zero-order valence-corrected chi connectivity index (χ0v) is 13.1. The molecule has 0 heterocycles. The van der Waals surface area contributed by atoms with Gasteiger partial charge in [0, 0.05) is 17.0 Å². The third-order valence-corrected chi connectivity index (χ3v) is 4.31. The second-order valence-corrected chi connectivity index (χ2v) is 5.80. The molecule has 3 aromatic carbocycles. The standard InChI is InChI=1S/C21H20O2/c1-15-8-2-3-9-16(15)14-19(17-10-4-6-12-20(17)22)18-11-5-7-13-21(18)23/h2-13,19,22-23H,14H2,1H3. The average Bonchev–Trinajstić information content (AvgIpc) is 2.56. The van der Waals surface area contributed by atoms with E-state index in [4.69, 9.17) is 0 Å². The molecule has 0 unspecified atom stereocenters. The molecule has 0 atom stereocenters. The fourth-order valence-electron chi connectivity index (χ4n) is 3.01. The highest BCUT2D eigenvalue weighted by Crippen LogP contribution is 2.38. The summed E-state index contributed by atoms with van der Waals surface area (Å²) in [5.74, 6) is 0.419. The lowest BCUT2D eigenvalue weighted by atomic mass is 9.84. The van der Waals surface area contributed by atoms with E-state index in [0.29, 0.717) is 0 Å². The number of aryl methyl sites for hydroxylation is 1. The maximum absolute atomic E-state index is 10.3. The first-order valence-corrected chi connectivity index (χ1v) is 7.77. The number of aromatic hydroxyl groups is 2. The average molecular weight is 304 g/mol. The number of hydrogen-bond acceptors (Lipinski definition) is 2. The molecule has 0 saturated carbocycles. The van der Waals surface area contributed by atoms with Gasteiger partial charge in [0.1, 0.15) is 11.5 Å². The van der Waals surface area contributed by atoms with Crippen molar-refractivity contribution in [2.75, 3.05) is 0 Å². The summed E-state index contributed by atoms with van der Waals surface area (Å²) in [6.07, 6.45) is 0.724. The summed E-state index contributed by atoms with van der Waals surface area (Å²) in [5.41, 5.74) is 4.09. The number of benzene rings is 3. The van der Waals surface area contributed by atoms with Crippen molar-refractivity contribution in [3.8, 4) is 11.5 Å². The van der Waals surface area contributed by atoms with Crippen LogP contribution < -0.4 is 0 Å². The van der Waals surface area contributed by atoms with Crippen LogP contribution >= 0.6 is 0 Å². The minimum atomic E-state index is -0.0986. The Balaban J connectivity index is 2.10. The molecule has 3 aromatic rings. The van der Waals surface area contributed by atoms with Crippen LogP contribution in [0.1, 0.15) is 28.2 Å². The zero-order valence-electron chi connectivity index (χ0n) is 13.1. The molecule has 0 aromatic heterocycles. The van der Waals surface area contributed by atoms with Gasteiger partial charge in [0.15, 0.2) is 0 Å². The van der Waals surface area contributed by atoms with Crippen molar-refractivity contribution in [1.29, 1.82) is 0 Å². The van der Waals surface area contributed by atoms with Crippen molar-refractivity contribution >= 4 is 0 Å². The summed E-state index contributed by atoms with van der Waals surface area (Å²) in [7, 11) is 0. The van der Waals surface area contributed by atoms with Crippen LogP contribution in [0.2, 0.25) is 0 Å². The van der Waals surface area contributed by atoms with Gasteiger partial charge in [-0.3, -0.25) is 0 Å². The lowest BCUT2D eigenvalue weighted by Crippen LogP contribution is -2.07. The van der Waals surface area contributed by atoms with Crippen LogP contribution in [0.25, 0.3) is 0 Å². The number of phenolic OH excluding ortho intramolecular Hbond substituents is 2. The molecule has 116 valence electrons. The van der Waals surface area contributed by atoms with Crippen molar-refractivity contribution in [2.45, 2.75) is 19.3 Å². The summed E-state index contributed by atoms with van der Waals surface area (Å²) < 4.78 is 0. The molecule has 0 fully saturated rings. The third kappa shape index (κ3) is 3.21. The van der Waals surface area contributed by atoms with Crippen molar-refractivity contribution in [3.05, 3.63) is 95.1 Å². The van der Waals surface area contributed by atoms with Crippen molar-refractivity contribution < 1.29 is 10.2 Å². The smallest absolute Gasteiger partial charge is 0.119 e. The van der Waals surface area contributed by atoms with E-state index in [1.54, 1.807) is 12.1 Å². The van der Waals surface area contributed by atoms with Crippen molar-refractivity contribution in [2.24, 2.45) is 0 Å². The van der Waals surface area contributed by atoms with E-state index in [1.165, 1.54) is 11.1 Å². The van der Waals surface area contributed by atoms with Crippen LogP contribution in [0.5, 0.6) is 11.5 Å². The normalized spacial score (nSPS) is 10.9. The molecule has 0 saturated heterocycles. The molecule has 2 nitrogen and oxygen atoms in total. The van der Waals surface area contributed by atoms with E-state index in [2.05, 4.69) is 19.1 Å². The molecule has 0 spiro atoms. The summed E-state index contributed by atoms with van der Waals surface area (Å²) in [4.78, 5) is 0.